The van der Waals surface area contributed by atoms with Gasteiger partial charge in [0.25, 0.3) is 0 Å². The first-order valence-electron chi connectivity index (χ1n) is 6.76. The third-order valence-electron chi connectivity index (χ3n) is 4.35. The molecule has 2 rings (SSSR count). The molecular weight excluding hydrogens is 198 g/mol. The van der Waals surface area contributed by atoms with Crippen LogP contribution in [0.4, 0.5) is 0 Å². The van der Waals surface area contributed by atoms with Crippen molar-refractivity contribution >= 4 is 0 Å². The van der Waals surface area contributed by atoms with Crippen LogP contribution in [0.25, 0.3) is 0 Å². The van der Waals surface area contributed by atoms with Gasteiger partial charge in [0.1, 0.15) is 0 Å². The van der Waals surface area contributed by atoms with Gasteiger partial charge < -0.3 is 16.0 Å². The molecule has 0 bridgehead atoms. The normalized spacial score (nSPS) is 30.6. The summed E-state index contributed by atoms with van der Waals surface area (Å²) >= 11 is 0. The number of nitrogens with zero attached hydrogens (tertiary/aromatic N) is 1. The predicted molar refractivity (Wildman–Crippen MR) is 68.4 cm³/mol. The van der Waals surface area contributed by atoms with Crippen LogP contribution in [0.2, 0.25) is 0 Å². The van der Waals surface area contributed by atoms with Gasteiger partial charge in [0, 0.05) is 19.1 Å². The maximum absolute atomic E-state index is 5.89. The molecule has 3 N–H and O–H groups in total. The Morgan fingerprint density at radius 2 is 1.94 bits per heavy atom. The summed E-state index contributed by atoms with van der Waals surface area (Å²) in [5.74, 6) is 0.919. The van der Waals surface area contributed by atoms with E-state index in [0.717, 1.165) is 12.5 Å². The van der Waals surface area contributed by atoms with E-state index in [9.17, 15) is 0 Å². The van der Waals surface area contributed by atoms with Crippen LogP contribution in [0.3, 0.4) is 0 Å². The SMILES string of the molecule is CC1(C)CC1CNCCN1CCC(N)CC1. The smallest absolute Gasteiger partial charge is 0.0107 e. The zero-order valence-corrected chi connectivity index (χ0v) is 10.8. The summed E-state index contributed by atoms with van der Waals surface area (Å²) in [5.41, 5.74) is 6.50. The highest BCUT2D eigenvalue weighted by Gasteiger charge is 2.44. The topological polar surface area (TPSA) is 41.3 Å². The summed E-state index contributed by atoms with van der Waals surface area (Å²) in [6.45, 7) is 10.7. The lowest BCUT2D eigenvalue weighted by Crippen LogP contribution is -2.42. The van der Waals surface area contributed by atoms with Gasteiger partial charge in [0.05, 0.1) is 0 Å². The van der Waals surface area contributed by atoms with E-state index in [1.165, 1.54) is 45.4 Å². The van der Waals surface area contributed by atoms with Gasteiger partial charge in [0.2, 0.25) is 0 Å². The Kier molecular flexibility index (Phi) is 3.88. The van der Waals surface area contributed by atoms with Gasteiger partial charge in [-0.2, -0.15) is 0 Å². The first kappa shape index (κ1) is 12.3. The molecule has 0 radical (unpaired) electrons. The molecule has 1 heterocycles. The second kappa shape index (κ2) is 5.03. The molecule has 16 heavy (non-hydrogen) atoms. The predicted octanol–water partition coefficient (Wildman–Crippen LogP) is 1.05. The number of rotatable bonds is 5. The van der Waals surface area contributed by atoms with Gasteiger partial charge in [0.15, 0.2) is 0 Å². The highest BCUT2D eigenvalue weighted by molar-refractivity contribution is 4.96. The van der Waals surface area contributed by atoms with Gasteiger partial charge in [-0.05, 0) is 50.2 Å². The van der Waals surface area contributed by atoms with Crippen molar-refractivity contribution in [3.05, 3.63) is 0 Å². The number of piperidine rings is 1. The average Bonchev–Trinajstić information content (AvgIpc) is 2.84. The number of nitrogens with two attached hydrogens (primary N) is 1. The lowest BCUT2D eigenvalue weighted by Gasteiger charge is -2.30. The molecule has 1 saturated heterocycles. The van der Waals surface area contributed by atoms with Crippen molar-refractivity contribution in [2.75, 3.05) is 32.7 Å². The molecule has 1 atom stereocenters. The molecule has 1 unspecified atom stereocenters. The Morgan fingerprint density at radius 1 is 1.31 bits per heavy atom. The molecule has 1 saturated carbocycles. The molecule has 0 spiro atoms. The van der Waals surface area contributed by atoms with Crippen molar-refractivity contribution in [3.8, 4) is 0 Å². The molecule has 2 aliphatic rings. The van der Waals surface area contributed by atoms with E-state index in [1.54, 1.807) is 0 Å². The molecule has 2 fully saturated rings. The molecule has 3 heteroatoms. The first-order valence-corrected chi connectivity index (χ1v) is 6.76. The highest BCUT2D eigenvalue weighted by Crippen LogP contribution is 2.50. The second-order valence-electron chi connectivity index (χ2n) is 6.27. The fourth-order valence-electron chi connectivity index (χ4n) is 2.61. The van der Waals surface area contributed by atoms with E-state index in [-0.39, 0.29) is 0 Å². The Bertz CT molecular complexity index is 219. The molecule has 0 aromatic carbocycles. The van der Waals surface area contributed by atoms with E-state index >= 15 is 0 Å². The van der Waals surface area contributed by atoms with Gasteiger partial charge in [-0.3, -0.25) is 0 Å². The molecule has 94 valence electrons. The zero-order chi connectivity index (χ0) is 11.6. The van der Waals surface area contributed by atoms with Crippen LogP contribution < -0.4 is 11.1 Å². The van der Waals surface area contributed by atoms with Crippen LogP contribution in [-0.4, -0.2) is 43.7 Å². The fraction of sp³-hybridized carbons (Fsp3) is 1.00. The monoisotopic (exact) mass is 225 g/mol. The second-order valence-corrected chi connectivity index (χ2v) is 6.27. The van der Waals surface area contributed by atoms with Crippen molar-refractivity contribution in [1.82, 2.24) is 10.2 Å². The molecule has 3 nitrogen and oxygen atoms in total. The lowest BCUT2D eigenvalue weighted by molar-refractivity contribution is 0.213. The van der Waals surface area contributed by atoms with Gasteiger partial charge >= 0.3 is 0 Å². The van der Waals surface area contributed by atoms with Crippen LogP contribution in [0.5, 0.6) is 0 Å². The number of nitrogens with one attached hydrogen (secondary N) is 1. The zero-order valence-electron chi connectivity index (χ0n) is 10.8. The fourth-order valence-corrected chi connectivity index (χ4v) is 2.61. The van der Waals surface area contributed by atoms with Crippen LogP contribution in [-0.2, 0) is 0 Å². The molecule has 0 amide bonds. The molecule has 1 aliphatic heterocycles. The average molecular weight is 225 g/mol. The summed E-state index contributed by atoms with van der Waals surface area (Å²) in [7, 11) is 0. The van der Waals surface area contributed by atoms with Crippen LogP contribution in [0.15, 0.2) is 0 Å². The van der Waals surface area contributed by atoms with E-state index in [1.807, 2.05) is 0 Å². The minimum Gasteiger partial charge on any atom is -0.328 e. The van der Waals surface area contributed by atoms with Crippen molar-refractivity contribution in [3.63, 3.8) is 0 Å². The summed E-state index contributed by atoms with van der Waals surface area (Å²) in [5, 5.41) is 3.59. The van der Waals surface area contributed by atoms with E-state index in [2.05, 4.69) is 24.1 Å². The summed E-state index contributed by atoms with van der Waals surface area (Å²) in [4.78, 5) is 2.54. The molecular formula is C13H27N3. The van der Waals surface area contributed by atoms with Crippen LogP contribution in [0.1, 0.15) is 33.1 Å². The van der Waals surface area contributed by atoms with E-state index < -0.39 is 0 Å². The Labute approximate surface area is 99.8 Å². The standard InChI is InChI=1S/C13H27N3/c1-13(2)9-11(13)10-15-5-8-16-6-3-12(14)4-7-16/h11-12,15H,3-10,14H2,1-2H3. The summed E-state index contributed by atoms with van der Waals surface area (Å²) < 4.78 is 0. The molecule has 0 aromatic rings. The number of hydrogen-bond donors (Lipinski definition) is 2. The van der Waals surface area contributed by atoms with Crippen LogP contribution in [0, 0.1) is 11.3 Å². The van der Waals surface area contributed by atoms with Gasteiger partial charge in [-0.25, -0.2) is 0 Å². The Hall–Kier alpha value is -0.120. The maximum Gasteiger partial charge on any atom is 0.0107 e. The minimum atomic E-state index is 0.455. The number of likely N-dealkylation sites (tertiary alicyclic amines) is 1. The van der Waals surface area contributed by atoms with Gasteiger partial charge in [-0.15, -0.1) is 0 Å². The number of hydrogen-bond acceptors (Lipinski definition) is 3. The summed E-state index contributed by atoms with van der Waals surface area (Å²) in [6, 6.07) is 0.455. The van der Waals surface area contributed by atoms with E-state index in [4.69, 9.17) is 5.73 Å². The minimum absolute atomic E-state index is 0.455. The van der Waals surface area contributed by atoms with E-state index in [0.29, 0.717) is 11.5 Å². The Morgan fingerprint density at radius 3 is 2.50 bits per heavy atom. The van der Waals surface area contributed by atoms with Crippen molar-refractivity contribution in [2.45, 2.75) is 39.2 Å². The van der Waals surface area contributed by atoms with Gasteiger partial charge in [-0.1, -0.05) is 13.8 Å². The van der Waals surface area contributed by atoms with Crippen molar-refractivity contribution in [1.29, 1.82) is 0 Å². The highest BCUT2D eigenvalue weighted by atomic mass is 15.1. The summed E-state index contributed by atoms with van der Waals surface area (Å²) in [6.07, 6.45) is 3.75. The van der Waals surface area contributed by atoms with Crippen molar-refractivity contribution in [2.24, 2.45) is 17.1 Å². The molecule has 1 aliphatic carbocycles. The molecule has 0 aromatic heterocycles. The largest absolute Gasteiger partial charge is 0.328 e. The van der Waals surface area contributed by atoms with Crippen molar-refractivity contribution < 1.29 is 0 Å². The first-order chi connectivity index (χ1) is 7.58. The third kappa shape index (κ3) is 3.44. The Balaban J connectivity index is 1.49. The van der Waals surface area contributed by atoms with Crippen LogP contribution >= 0.6 is 0 Å². The maximum atomic E-state index is 5.89. The quantitative estimate of drug-likeness (QED) is 0.687. The third-order valence-corrected chi connectivity index (χ3v) is 4.35. The lowest BCUT2D eigenvalue weighted by atomic mass is 10.1.